The Labute approximate surface area is 187 Å². The Hall–Kier alpha value is -3.83. The quantitative estimate of drug-likeness (QED) is 0.102. The van der Waals surface area contributed by atoms with Gasteiger partial charge in [-0.3, -0.25) is 48.3 Å². The topological polar surface area (TPSA) is 282 Å². The molecular formula is C16H29N5O12. The number of carbonyl (C=O) groups is 7. The van der Waals surface area contributed by atoms with Gasteiger partial charge in [0.05, 0.1) is 32.7 Å². The summed E-state index contributed by atoms with van der Waals surface area (Å²) in [5.41, 5.74) is 8.33. The van der Waals surface area contributed by atoms with Gasteiger partial charge in [0.25, 0.3) is 0 Å². The second-order valence-electron chi connectivity index (χ2n) is 5.94. The summed E-state index contributed by atoms with van der Waals surface area (Å²) >= 11 is 0. The zero-order valence-corrected chi connectivity index (χ0v) is 17.6. The van der Waals surface area contributed by atoms with Gasteiger partial charge in [0, 0.05) is 26.2 Å². The molecule has 0 saturated carbocycles. The fourth-order valence-electron chi connectivity index (χ4n) is 2.22. The van der Waals surface area contributed by atoms with Gasteiger partial charge in [-0.15, -0.1) is 0 Å². The molecule has 0 aliphatic rings. The third-order valence-corrected chi connectivity index (χ3v) is 3.26. The van der Waals surface area contributed by atoms with Crippen LogP contribution in [-0.4, -0.2) is 142 Å². The molecule has 0 aromatic heterocycles. The van der Waals surface area contributed by atoms with Crippen LogP contribution in [0.15, 0.2) is 0 Å². The largest absolute Gasteiger partial charge is 0.480 e. The first-order valence-electron chi connectivity index (χ1n) is 8.89. The van der Waals surface area contributed by atoms with E-state index in [0.717, 1.165) is 9.80 Å². The van der Waals surface area contributed by atoms with Crippen LogP contribution in [0.3, 0.4) is 0 Å². The maximum atomic E-state index is 11.0. The molecule has 0 aliphatic carbocycles. The van der Waals surface area contributed by atoms with Crippen LogP contribution >= 0.6 is 0 Å². The molecule has 17 nitrogen and oxygen atoms in total. The summed E-state index contributed by atoms with van der Waals surface area (Å²) in [5, 5.41) is 44.1. The molecule has 0 aromatic carbocycles. The maximum Gasteiger partial charge on any atom is 0.317 e. The van der Waals surface area contributed by atoms with Crippen LogP contribution < -0.4 is 11.5 Å². The van der Waals surface area contributed by atoms with Gasteiger partial charge >= 0.3 is 29.8 Å². The predicted octanol–water partition coefficient (Wildman–Crippen LogP) is -4.48. The first-order chi connectivity index (χ1) is 15.3. The number of rotatable bonds is 16. The molecular weight excluding hydrogens is 454 g/mol. The number of aliphatic carboxylic acids is 5. The van der Waals surface area contributed by atoms with E-state index in [0.29, 0.717) is 0 Å². The fourth-order valence-corrected chi connectivity index (χ4v) is 2.22. The average Bonchev–Trinajstić information content (AvgIpc) is 2.62. The number of hydrogen-bond acceptors (Lipinski definition) is 10. The lowest BCUT2D eigenvalue weighted by Crippen LogP contribution is -2.45. The molecule has 0 rings (SSSR count). The summed E-state index contributed by atoms with van der Waals surface area (Å²) in [6.45, 7) is -2.74. The van der Waals surface area contributed by atoms with Gasteiger partial charge in [0.2, 0.25) is 12.8 Å². The summed E-state index contributed by atoms with van der Waals surface area (Å²) in [4.78, 5) is 74.8. The molecule has 0 bridgehead atoms. The van der Waals surface area contributed by atoms with Gasteiger partial charge in [-0.25, -0.2) is 0 Å². The molecule has 0 radical (unpaired) electrons. The maximum absolute atomic E-state index is 11.0. The van der Waals surface area contributed by atoms with Crippen molar-refractivity contribution >= 4 is 42.7 Å². The molecule has 0 spiro atoms. The lowest BCUT2D eigenvalue weighted by Gasteiger charge is -2.27. The predicted molar refractivity (Wildman–Crippen MR) is 108 cm³/mol. The van der Waals surface area contributed by atoms with E-state index < -0.39 is 62.6 Å². The van der Waals surface area contributed by atoms with E-state index in [1.165, 1.54) is 4.90 Å². The van der Waals surface area contributed by atoms with E-state index in [2.05, 4.69) is 11.5 Å². The monoisotopic (exact) mass is 483 g/mol. The first-order valence-corrected chi connectivity index (χ1v) is 8.89. The lowest BCUT2D eigenvalue weighted by molar-refractivity contribution is -0.143. The summed E-state index contributed by atoms with van der Waals surface area (Å²) in [5.74, 6) is -6.16. The minimum Gasteiger partial charge on any atom is -0.480 e. The molecule has 33 heavy (non-hydrogen) atoms. The van der Waals surface area contributed by atoms with Crippen LogP contribution in [0.25, 0.3) is 0 Å². The number of amides is 2. The number of hydrogen-bond donors (Lipinski definition) is 7. The minimum absolute atomic E-state index is 0.000836. The Balaban J connectivity index is -0.00000134. The highest BCUT2D eigenvalue weighted by Gasteiger charge is 2.19. The van der Waals surface area contributed by atoms with Gasteiger partial charge in [0.15, 0.2) is 0 Å². The van der Waals surface area contributed by atoms with Crippen molar-refractivity contribution in [3.05, 3.63) is 0 Å². The van der Waals surface area contributed by atoms with Crippen LogP contribution in [0.4, 0.5) is 0 Å². The third kappa shape index (κ3) is 28.2. The second-order valence-corrected chi connectivity index (χ2v) is 5.94. The molecule has 0 fully saturated rings. The molecule has 0 unspecified atom stereocenters. The molecule has 0 heterocycles. The number of carboxylic acids is 5. The summed E-state index contributed by atoms with van der Waals surface area (Å²) in [6.07, 6.45) is 0.500. The molecule has 2 amide bonds. The Morgan fingerprint density at radius 3 is 0.818 bits per heavy atom. The minimum atomic E-state index is -1.24. The van der Waals surface area contributed by atoms with Gasteiger partial charge in [0.1, 0.15) is 0 Å². The van der Waals surface area contributed by atoms with E-state index in [1.54, 1.807) is 0 Å². The zero-order valence-electron chi connectivity index (χ0n) is 17.6. The van der Waals surface area contributed by atoms with Crippen LogP contribution in [0.2, 0.25) is 0 Å². The normalized spacial score (nSPS) is 9.79. The van der Waals surface area contributed by atoms with Crippen molar-refractivity contribution in [2.75, 3.05) is 58.9 Å². The lowest BCUT2D eigenvalue weighted by atomic mass is 10.3. The van der Waals surface area contributed by atoms with Crippen LogP contribution in [0, 0.1) is 0 Å². The van der Waals surface area contributed by atoms with E-state index in [9.17, 15) is 24.0 Å². The highest BCUT2D eigenvalue weighted by Crippen LogP contribution is 1.97. The van der Waals surface area contributed by atoms with E-state index in [4.69, 9.17) is 35.1 Å². The highest BCUT2D eigenvalue weighted by molar-refractivity contribution is 5.73. The Kier molecular flexibility index (Phi) is 21.9. The van der Waals surface area contributed by atoms with Crippen molar-refractivity contribution in [1.29, 1.82) is 0 Å². The van der Waals surface area contributed by atoms with Crippen molar-refractivity contribution in [1.82, 2.24) is 14.7 Å². The Bertz CT molecular complexity index is 567. The smallest absolute Gasteiger partial charge is 0.317 e. The van der Waals surface area contributed by atoms with Gasteiger partial charge in [-0.2, -0.15) is 0 Å². The summed E-state index contributed by atoms with van der Waals surface area (Å²) in [7, 11) is 0. The highest BCUT2D eigenvalue weighted by atomic mass is 16.4. The number of carboxylic acid groups (broad SMARTS) is 5. The number of nitrogens with two attached hydrogens (primary N) is 2. The van der Waals surface area contributed by atoms with Crippen molar-refractivity contribution in [2.45, 2.75) is 0 Å². The molecule has 0 atom stereocenters. The van der Waals surface area contributed by atoms with Gasteiger partial charge in [-0.1, -0.05) is 0 Å². The SMILES string of the molecule is NC=O.NC=O.O=C(O)CN(CCN(CC(=O)O)CC(=O)O)CCN(CC(=O)O)CC(=O)O. The van der Waals surface area contributed by atoms with E-state index >= 15 is 0 Å². The van der Waals surface area contributed by atoms with Crippen LogP contribution in [0.1, 0.15) is 0 Å². The average molecular weight is 483 g/mol. The van der Waals surface area contributed by atoms with Crippen LogP contribution in [-0.2, 0) is 33.6 Å². The number of nitrogens with zero attached hydrogens (tertiary/aromatic N) is 3. The zero-order chi connectivity index (χ0) is 26.4. The van der Waals surface area contributed by atoms with Gasteiger partial charge < -0.3 is 37.0 Å². The van der Waals surface area contributed by atoms with E-state index in [1.807, 2.05) is 0 Å². The summed E-state index contributed by atoms with van der Waals surface area (Å²) < 4.78 is 0. The molecule has 0 aliphatic heterocycles. The van der Waals surface area contributed by atoms with Gasteiger partial charge in [-0.05, 0) is 0 Å². The third-order valence-electron chi connectivity index (χ3n) is 3.26. The number of primary amides is 2. The standard InChI is InChI=1S/C14H23N3O10.2CH3NO/c18-10(19)5-15(1-3-16(6-11(20)21)7-12(22)23)2-4-17(8-13(24)25)9-14(26)27;2*2-1-3/h1-9H2,(H,18,19)(H,20,21)(H,22,23)(H,24,25)(H,26,27);2*1H,(H2,2,3). The molecule has 17 heteroatoms. The summed E-state index contributed by atoms with van der Waals surface area (Å²) in [6, 6.07) is 0. The van der Waals surface area contributed by atoms with Crippen molar-refractivity contribution in [3.8, 4) is 0 Å². The molecule has 0 aromatic rings. The second kappa shape index (κ2) is 21.4. The first kappa shape index (κ1) is 33.8. The van der Waals surface area contributed by atoms with Crippen LogP contribution in [0.5, 0.6) is 0 Å². The van der Waals surface area contributed by atoms with Crippen molar-refractivity contribution in [3.63, 3.8) is 0 Å². The molecule has 190 valence electrons. The molecule has 0 saturated heterocycles. The molecule has 9 N–H and O–H groups in total. The Morgan fingerprint density at radius 2 is 0.636 bits per heavy atom. The number of carbonyl (C=O) groups excluding carboxylic acids is 2. The van der Waals surface area contributed by atoms with Crippen molar-refractivity contribution < 1.29 is 59.1 Å². The fraction of sp³-hybridized carbons (Fsp3) is 0.562. The Morgan fingerprint density at radius 1 is 0.485 bits per heavy atom. The van der Waals surface area contributed by atoms with E-state index in [-0.39, 0.29) is 39.0 Å². The van der Waals surface area contributed by atoms with Crippen molar-refractivity contribution in [2.24, 2.45) is 11.5 Å².